The van der Waals surface area contributed by atoms with Crippen LogP contribution in [-0.4, -0.2) is 32.6 Å². The topological polar surface area (TPSA) is 109 Å². The van der Waals surface area contributed by atoms with Gasteiger partial charge in [-0.25, -0.2) is 13.1 Å². The third kappa shape index (κ3) is 5.73. The third-order valence-corrected chi connectivity index (χ3v) is 4.30. The molecule has 1 aromatic carbocycles. The highest BCUT2D eigenvalue weighted by Gasteiger charge is 2.17. The molecule has 0 heterocycles. The molecule has 0 aliphatic heterocycles. The second-order valence-electron chi connectivity index (χ2n) is 4.03. The summed E-state index contributed by atoms with van der Waals surface area (Å²) >= 11 is 5.94. The number of nitrogens with two attached hydrogens (primary N) is 1. The fourth-order valence-corrected chi connectivity index (χ4v) is 2.98. The number of aliphatic hydroxyl groups excluding tert-OH is 1. The van der Waals surface area contributed by atoms with Crippen molar-refractivity contribution in [2.75, 3.05) is 13.2 Å². The van der Waals surface area contributed by atoms with Gasteiger partial charge in [0.05, 0.1) is 11.6 Å². The molecule has 0 aliphatic rings. The van der Waals surface area contributed by atoms with Crippen LogP contribution in [0.5, 0.6) is 0 Å². The lowest BCUT2D eigenvalue weighted by atomic mass is 10.2. The van der Waals surface area contributed by atoms with E-state index in [1.54, 1.807) is 0 Å². The number of hydrogen-bond acceptors (Lipinski definition) is 4. The SMILES string of the molecule is NC(=O)CCNS(=O)(=O)c1ccc(C#CCCO)cc1Cl. The van der Waals surface area contributed by atoms with Crippen molar-refractivity contribution >= 4 is 27.5 Å². The number of nitrogens with one attached hydrogen (secondary N) is 1. The van der Waals surface area contributed by atoms with Gasteiger partial charge in [-0.05, 0) is 18.2 Å². The Morgan fingerprint density at radius 3 is 2.71 bits per heavy atom. The molecule has 8 heteroatoms. The van der Waals surface area contributed by atoms with Crippen LogP contribution in [0.15, 0.2) is 23.1 Å². The smallest absolute Gasteiger partial charge is 0.242 e. The maximum Gasteiger partial charge on any atom is 0.242 e. The van der Waals surface area contributed by atoms with Gasteiger partial charge >= 0.3 is 0 Å². The van der Waals surface area contributed by atoms with Crippen LogP contribution in [0.2, 0.25) is 5.02 Å². The fraction of sp³-hybridized carbons (Fsp3) is 0.308. The first kappa shape index (κ1) is 17.5. The third-order valence-electron chi connectivity index (χ3n) is 2.35. The molecule has 0 bridgehead atoms. The highest BCUT2D eigenvalue weighted by molar-refractivity contribution is 7.89. The highest BCUT2D eigenvalue weighted by atomic mass is 35.5. The van der Waals surface area contributed by atoms with Gasteiger partial charge in [0.2, 0.25) is 15.9 Å². The molecular formula is C13H15ClN2O4S. The summed E-state index contributed by atoms with van der Waals surface area (Å²) in [6.45, 7) is -0.136. The van der Waals surface area contributed by atoms with Crippen molar-refractivity contribution in [3.05, 3.63) is 28.8 Å². The van der Waals surface area contributed by atoms with Crippen LogP contribution in [0, 0.1) is 11.8 Å². The summed E-state index contributed by atoms with van der Waals surface area (Å²) in [4.78, 5) is 10.5. The second kappa shape index (κ2) is 8.00. The second-order valence-corrected chi connectivity index (χ2v) is 6.18. The minimum atomic E-state index is -3.81. The first-order valence-corrected chi connectivity index (χ1v) is 7.90. The van der Waals surface area contributed by atoms with E-state index in [2.05, 4.69) is 16.6 Å². The summed E-state index contributed by atoms with van der Waals surface area (Å²) in [7, 11) is -3.81. The van der Waals surface area contributed by atoms with Gasteiger partial charge in [0.1, 0.15) is 4.90 Å². The number of carbonyl (C=O) groups is 1. The number of hydrogen-bond donors (Lipinski definition) is 3. The van der Waals surface area contributed by atoms with Crippen LogP contribution in [-0.2, 0) is 14.8 Å². The van der Waals surface area contributed by atoms with Crippen LogP contribution in [0.1, 0.15) is 18.4 Å². The number of primary amides is 1. The molecule has 6 nitrogen and oxygen atoms in total. The van der Waals surface area contributed by atoms with Crippen molar-refractivity contribution in [2.45, 2.75) is 17.7 Å². The average Bonchev–Trinajstić information content (AvgIpc) is 2.38. The minimum absolute atomic E-state index is 0.0253. The Labute approximate surface area is 128 Å². The number of rotatable bonds is 6. The van der Waals surface area contributed by atoms with Crippen molar-refractivity contribution in [2.24, 2.45) is 5.73 Å². The van der Waals surface area contributed by atoms with Gasteiger partial charge in [0, 0.05) is 24.9 Å². The molecule has 0 aromatic heterocycles. The molecule has 0 fully saturated rings. The Hall–Kier alpha value is -1.59. The highest BCUT2D eigenvalue weighted by Crippen LogP contribution is 2.22. The molecule has 1 rings (SSSR count). The molecule has 1 amide bonds. The average molecular weight is 331 g/mol. The summed E-state index contributed by atoms with van der Waals surface area (Å²) in [5.41, 5.74) is 5.48. The van der Waals surface area contributed by atoms with Gasteiger partial charge in [0.25, 0.3) is 0 Å². The Morgan fingerprint density at radius 1 is 1.43 bits per heavy atom. The Balaban J connectivity index is 2.89. The lowest BCUT2D eigenvalue weighted by Gasteiger charge is -2.07. The quantitative estimate of drug-likeness (QED) is 0.648. The van der Waals surface area contributed by atoms with E-state index in [0.717, 1.165) is 0 Å². The van der Waals surface area contributed by atoms with E-state index in [-0.39, 0.29) is 29.5 Å². The molecule has 0 saturated heterocycles. The van der Waals surface area contributed by atoms with Crippen LogP contribution in [0.3, 0.4) is 0 Å². The van der Waals surface area contributed by atoms with E-state index >= 15 is 0 Å². The number of aliphatic hydroxyl groups is 1. The van der Waals surface area contributed by atoms with Crippen LogP contribution >= 0.6 is 11.6 Å². The number of carbonyl (C=O) groups excluding carboxylic acids is 1. The zero-order valence-electron chi connectivity index (χ0n) is 11.1. The summed E-state index contributed by atoms with van der Waals surface area (Å²) in [5.74, 6) is 4.86. The van der Waals surface area contributed by atoms with Gasteiger partial charge in [-0.3, -0.25) is 4.79 Å². The zero-order chi connectivity index (χ0) is 15.9. The molecule has 0 spiro atoms. The van der Waals surface area contributed by atoms with Crippen LogP contribution in [0.4, 0.5) is 0 Å². The largest absolute Gasteiger partial charge is 0.395 e. The molecule has 1 aromatic rings. The van der Waals surface area contributed by atoms with Gasteiger partial charge in [-0.1, -0.05) is 23.4 Å². The van der Waals surface area contributed by atoms with Crippen molar-refractivity contribution < 1.29 is 18.3 Å². The van der Waals surface area contributed by atoms with Crippen molar-refractivity contribution in [3.63, 3.8) is 0 Å². The molecule has 4 N–H and O–H groups in total. The first-order valence-electron chi connectivity index (χ1n) is 6.04. The predicted octanol–water partition coefficient (Wildman–Crippen LogP) is 0.228. The molecule has 0 unspecified atom stereocenters. The van der Waals surface area contributed by atoms with Gasteiger partial charge in [-0.2, -0.15) is 0 Å². The summed E-state index contributed by atoms with van der Waals surface area (Å²) in [5, 5.41) is 8.65. The van der Waals surface area contributed by atoms with Crippen molar-refractivity contribution in [3.8, 4) is 11.8 Å². The lowest BCUT2D eigenvalue weighted by molar-refractivity contribution is -0.117. The first-order chi connectivity index (χ1) is 9.86. The summed E-state index contributed by atoms with van der Waals surface area (Å²) < 4.78 is 26.2. The molecule has 0 aliphatic carbocycles. The maximum absolute atomic E-state index is 12.0. The molecule has 0 atom stereocenters. The molecule has 0 saturated carbocycles. The molecule has 114 valence electrons. The number of benzene rings is 1. The normalized spacial score (nSPS) is 10.8. The monoisotopic (exact) mass is 330 g/mol. The molecule has 21 heavy (non-hydrogen) atoms. The Kier molecular flexibility index (Phi) is 6.65. The van der Waals surface area contributed by atoms with E-state index < -0.39 is 15.9 Å². The Bertz CT molecular complexity index is 677. The van der Waals surface area contributed by atoms with E-state index in [1.165, 1.54) is 18.2 Å². The van der Waals surface area contributed by atoms with E-state index in [0.29, 0.717) is 12.0 Å². The van der Waals surface area contributed by atoms with Crippen LogP contribution < -0.4 is 10.5 Å². The predicted molar refractivity (Wildman–Crippen MR) is 79.0 cm³/mol. The van der Waals surface area contributed by atoms with E-state index in [4.69, 9.17) is 22.4 Å². The number of amides is 1. The molecule has 0 radical (unpaired) electrons. The van der Waals surface area contributed by atoms with Gasteiger partial charge < -0.3 is 10.8 Å². The minimum Gasteiger partial charge on any atom is -0.395 e. The van der Waals surface area contributed by atoms with Crippen molar-refractivity contribution in [1.29, 1.82) is 0 Å². The lowest BCUT2D eigenvalue weighted by Crippen LogP contribution is -2.28. The fourth-order valence-electron chi connectivity index (χ4n) is 1.40. The van der Waals surface area contributed by atoms with Crippen LogP contribution in [0.25, 0.3) is 0 Å². The summed E-state index contributed by atoms with van der Waals surface area (Å²) in [6, 6.07) is 4.27. The van der Waals surface area contributed by atoms with E-state index in [9.17, 15) is 13.2 Å². The van der Waals surface area contributed by atoms with E-state index in [1.807, 2.05) is 0 Å². The Morgan fingerprint density at radius 2 is 2.14 bits per heavy atom. The van der Waals surface area contributed by atoms with Crippen molar-refractivity contribution in [1.82, 2.24) is 4.72 Å². The summed E-state index contributed by atoms with van der Waals surface area (Å²) in [6.07, 6.45) is 0.230. The van der Waals surface area contributed by atoms with Gasteiger partial charge in [-0.15, -0.1) is 0 Å². The zero-order valence-corrected chi connectivity index (χ0v) is 12.7. The maximum atomic E-state index is 12.0. The molecular weight excluding hydrogens is 316 g/mol. The number of sulfonamides is 1. The number of halogens is 1. The van der Waals surface area contributed by atoms with Gasteiger partial charge in [0.15, 0.2) is 0 Å². The standard InChI is InChI=1S/C13H15ClN2O4S/c14-11-9-10(3-1-2-8-17)4-5-12(11)21(19,20)16-7-6-13(15)18/h4-5,9,16-17H,2,6-8H2,(H2,15,18).